The summed E-state index contributed by atoms with van der Waals surface area (Å²) in [5.41, 5.74) is 1.28. The number of nitrogens with one attached hydrogen (secondary N) is 1. The summed E-state index contributed by atoms with van der Waals surface area (Å²) in [5, 5.41) is 3.95. The van der Waals surface area contributed by atoms with Crippen LogP contribution in [0.25, 0.3) is 0 Å². The zero-order valence-corrected chi connectivity index (χ0v) is 16.1. The quantitative estimate of drug-likeness (QED) is 0.631. The van der Waals surface area contributed by atoms with Crippen LogP contribution in [-0.2, 0) is 11.2 Å². The summed E-state index contributed by atoms with van der Waals surface area (Å²) in [4.78, 5) is 13.1. The highest BCUT2D eigenvalue weighted by Crippen LogP contribution is 2.36. The molecule has 2 unspecified atom stereocenters. The van der Waals surface area contributed by atoms with Crippen LogP contribution in [0.2, 0.25) is 10.0 Å². The zero-order chi connectivity index (χ0) is 17.5. The molecule has 0 spiro atoms. The summed E-state index contributed by atoms with van der Waals surface area (Å²) in [6.07, 6.45) is 1.85. The van der Waals surface area contributed by atoms with E-state index in [1.54, 1.807) is 18.2 Å². The van der Waals surface area contributed by atoms with Crippen molar-refractivity contribution in [3.8, 4) is 0 Å². The van der Waals surface area contributed by atoms with Crippen LogP contribution in [0.3, 0.4) is 0 Å². The van der Waals surface area contributed by atoms with Crippen LogP contribution in [0.4, 0.5) is 0 Å². The molecule has 1 amide bonds. The minimum atomic E-state index is -0.262. The Balaban J connectivity index is 1.84. The second kappa shape index (κ2) is 9.36. The van der Waals surface area contributed by atoms with Crippen molar-refractivity contribution in [3.63, 3.8) is 0 Å². The first-order valence-corrected chi connectivity index (χ1v) is 9.56. The van der Waals surface area contributed by atoms with Gasteiger partial charge in [0.2, 0.25) is 5.91 Å². The first kappa shape index (κ1) is 19.2. The number of thioether (sulfide) groups is 1. The summed E-state index contributed by atoms with van der Waals surface area (Å²) in [6.45, 7) is 3.89. The summed E-state index contributed by atoms with van der Waals surface area (Å²) in [7, 11) is 0. The van der Waals surface area contributed by atoms with E-state index in [2.05, 4.69) is 17.4 Å². The van der Waals surface area contributed by atoms with Gasteiger partial charge in [-0.05, 0) is 44.4 Å². The second-order valence-electron chi connectivity index (χ2n) is 5.74. The van der Waals surface area contributed by atoms with Crippen molar-refractivity contribution in [2.24, 2.45) is 0 Å². The topological polar surface area (TPSA) is 29.1 Å². The molecule has 0 heterocycles. The second-order valence-corrected chi connectivity index (χ2v) is 7.91. The molecule has 0 saturated carbocycles. The largest absolute Gasteiger partial charge is 0.353 e. The fourth-order valence-electron chi connectivity index (χ4n) is 2.29. The molecule has 2 atom stereocenters. The molecule has 2 aromatic rings. The van der Waals surface area contributed by atoms with Gasteiger partial charge in [0.1, 0.15) is 0 Å². The Morgan fingerprint density at radius 3 is 2.29 bits per heavy atom. The van der Waals surface area contributed by atoms with Crippen LogP contribution < -0.4 is 5.32 Å². The third kappa shape index (κ3) is 5.73. The molecule has 0 aliphatic carbocycles. The van der Waals surface area contributed by atoms with Gasteiger partial charge in [0.05, 0.1) is 15.3 Å². The average Bonchev–Trinajstić information content (AvgIpc) is 2.57. The lowest BCUT2D eigenvalue weighted by molar-refractivity contribution is -0.120. The van der Waals surface area contributed by atoms with E-state index in [4.69, 9.17) is 23.2 Å². The monoisotopic (exact) mass is 381 g/mol. The molecule has 2 nitrogen and oxygen atoms in total. The van der Waals surface area contributed by atoms with E-state index in [0.29, 0.717) is 10.0 Å². The maximum Gasteiger partial charge on any atom is 0.233 e. The molecule has 2 rings (SSSR count). The van der Waals surface area contributed by atoms with Crippen molar-refractivity contribution in [2.45, 2.75) is 42.9 Å². The fraction of sp³-hybridized carbons (Fsp3) is 0.316. The van der Waals surface area contributed by atoms with Crippen molar-refractivity contribution in [2.75, 3.05) is 0 Å². The van der Waals surface area contributed by atoms with E-state index in [0.717, 1.165) is 17.7 Å². The van der Waals surface area contributed by atoms with Crippen LogP contribution in [-0.4, -0.2) is 17.2 Å². The summed E-state index contributed by atoms with van der Waals surface area (Å²) < 4.78 is 0. The molecule has 2 aromatic carbocycles. The number of carbonyl (C=O) groups is 1. The Bertz CT molecular complexity index is 658. The molecule has 128 valence electrons. The number of hydrogen-bond donors (Lipinski definition) is 1. The van der Waals surface area contributed by atoms with Crippen LogP contribution in [0.15, 0.2) is 53.4 Å². The third-order valence-electron chi connectivity index (χ3n) is 3.68. The van der Waals surface area contributed by atoms with Crippen LogP contribution in [0.5, 0.6) is 0 Å². The van der Waals surface area contributed by atoms with Crippen LogP contribution >= 0.6 is 35.0 Å². The number of carbonyl (C=O) groups excluding carboxylic acids is 1. The van der Waals surface area contributed by atoms with Gasteiger partial charge >= 0.3 is 0 Å². The predicted molar refractivity (Wildman–Crippen MR) is 104 cm³/mol. The zero-order valence-electron chi connectivity index (χ0n) is 13.8. The van der Waals surface area contributed by atoms with Crippen molar-refractivity contribution in [1.82, 2.24) is 5.32 Å². The number of halogens is 2. The maximum atomic E-state index is 12.4. The molecule has 24 heavy (non-hydrogen) atoms. The lowest BCUT2D eigenvalue weighted by Gasteiger charge is -2.18. The number of benzene rings is 2. The normalized spacial score (nSPS) is 13.3. The van der Waals surface area contributed by atoms with Gasteiger partial charge in [0.15, 0.2) is 0 Å². The maximum absolute atomic E-state index is 12.4. The van der Waals surface area contributed by atoms with Crippen molar-refractivity contribution in [1.29, 1.82) is 0 Å². The third-order valence-corrected chi connectivity index (χ3v) is 5.78. The Morgan fingerprint density at radius 1 is 1.04 bits per heavy atom. The first-order valence-electron chi connectivity index (χ1n) is 7.92. The Hall–Kier alpha value is -1.16. The average molecular weight is 382 g/mol. The van der Waals surface area contributed by atoms with Gasteiger partial charge in [-0.15, -0.1) is 11.8 Å². The summed E-state index contributed by atoms with van der Waals surface area (Å²) in [5.74, 6) is -0.00320. The van der Waals surface area contributed by atoms with Gasteiger partial charge in [-0.2, -0.15) is 0 Å². The number of aryl methyl sites for hydroxylation is 1. The van der Waals surface area contributed by atoms with E-state index in [1.807, 2.05) is 32.0 Å². The summed E-state index contributed by atoms with van der Waals surface area (Å²) >= 11 is 13.7. The molecule has 0 saturated heterocycles. The SMILES string of the molecule is CC(CCc1ccccc1)NC(=O)C(C)Sc1c(Cl)cccc1Cl. The molecule has 0 fully saturated rings. The molecular weight excluding hydrogens is 361 g/mol. The van der Waals surface area contributed by atoms with Gasteiger partial charge in [-0.3, -0.25) is 4.79 Å². The van der Waals surface area contributed by atoms with E-state index in [9.17, 15) is 4.79 Å². The van der Waals surface area contributed by atoms with E-state index in [-0.39, 0.29) is 17.2 Å². The molecule has 0 aromatic heterocycles. The van der Waals surface area contributed by atoms with Gasteiger partial charge in [-0.1, -0.05) is 59.6 Å². The van der Waals surface area contributed by atoms with Crippen molar-refractivity contribution in [3.05, 3.63) is 64.1 Å². The lowest BCUT2D eigenvalue weighted by Crippen LogP contribution is -2.37. The van der Waals surface area contributed by atoms with Gasteiger partial charge in [-0.25, -0.2) is 0 Å². The van der Waals surface area contributed by atoms with Crippen LogP contribution in [0.1, 0.15) is 25.8 Å². The molecule has 0 radical (unpaired) electrons. The van der Waals surface area contributed by atoms with Gasteiger partial charge in [0, 0.05) is 10.9 Å². The van der Waals surface area contributed by atoms with Crippen molar-refractivity contribution >= 4 is 40.9 Å². The Kier molecular flexibility index (Phi) is 7.47. The molecule has 5 heteroatoms. The molecule has 0 bridgehead atoms. The fourth-order valence-corrected chi connectivity index (χ4v) is 3.84. The van der Waals surface area contributed by atoms with E-state index in [1.165, 1.54) is 17.3 Å². The standard InChI is InChI=1S/C19H21Cl2NOS/c1-13(11-12-15-7-4-3-5-8-15)22-19(23)14(2)24-18-16(20)9-6-10-17(18)21/h3-10,13-14H,11-12H2,1-2H3,(H,22,23). The van der Waals surface area contributed by atoms with Gasteiger partial charge in [0.25, 0.3) is 0 Å². The minimum absolute atomic E-state index is 0.00320. The predicted octanol–water partition coefficient (Wildman–Crippen LogP) is 5.61. The number of hydrogen-bond acceptors (Lipinski definition) is 2. The summed E-state index contributed by atoms with van der Waals surface area (Å²) in [6, 6.07) is 15.8. The minimum Gasteiger partial charge on any atom is -0.353 e. The Labute approximate surface area is 157 Å². The lowest BCUT2D eigenvalue weighted by atomic mass is 10.1. The highest BCUT2D eigenvalue weighted by Gasteiger charge is 2.19. The number of amides is 1. The van der Waals surface area contributed by atoms with Gasteiger partial charge < -0.3 is 5.32 Å². The molecule has 1 N–H and O–H groups in total. The van der Waals surface area contributed by atoms with Crippen LogP contribution in [0, 0.1) is 0 Å². The molecule has 0 aliphatic rings. The smallest absolute Gasteiger partial charge is 0.233 e. The first-order chi connectivity index (χ1) is 11.5. The number of rotatable bonds is 7. The highest BCUT2D eigenvalue weighted by atomic mass is 35.5. The highest BCUT2D eigenvalue weighted by molar-refractivity contribution is 8.00. The molecular formula is C19H21Cl2NOS. The van der Waals surface area contributed by atoms with E-state index < -0.39 is 0 Å². The van der Waals surface area contributed by atoms with E-state index >= 15 is 0 Å². The van der Waals surface area contributed by atoms with Crippen molar-refractivity contribution < 1.29 is 4.79 Å². The molecule has 0 aliphatic heterocycles. The Morgan fingerprint density at radius 2 is 1.67 bits per heavy atom.